The normalized spacial score (nSPS) is 17.8. The highest BCUT2D eigenvalue weighted by molar-refractivity contribution is 5.79. The predicted octanol–water partition coefficient (Wildman–Crippen LogP) is 2.47. The van der Waals surface area contributed by atoms with Crippen LogP contribution in [0, 0.1) is 19.8 Å². The van der Waals surface area contributed by atoms with Crippen LogP contribution in [0.15, 0.2) is 9.41 Å². The molecular weight excluding hydrogens is 302 g/mol. The van der Waals surface area contributed by atoms with Crippen molar-refractivity contribution in [3.05, 3.63) is 17.3 Å². The number of rotatable bonds is 7. The van der Waals surface area contributed by atoms with E-state index in [9.17, 15) is 0 Å². The summed E-state index contributed by atoms with van der Waals surface area (Å²) in [5.74, 6) is 2.96. The van der Waals surface area contributed by atoms with Gasteiger partial charge in [-0.15, -0.1) is 0 Å². The molecule has 1 saturated heterocycles. The Labute approximate surface area is 146 Å². The minimum Gasteiger partial charge on any atom is -0.444 e. The summed E-state index contributed by atoms with van der Waals surface area (Å²) in [4.78, 5) is 11.5. The van der Waals surface area contributed by atoms with Crippen molar-refractivity contribution in [3.63, 3.8) is 0 Å². The van der Waals surface area contributed by atoms with Crippen LogP contribution in [0.3, 0.4) is 0 Å². The van der Waals surface area contributed by atoms with Gasteiger partial charge in [0.25, 0.3) is 0 Å². The van der Waals surface area contributed by atoms with Crippen LogP contribution >= 0.6 is 0 Å². The zero-order valence-corrected chi connectivity index (χ0v) is 15.7. The lowest BCUT2D eigenvalue weighted by Crippen LogP contribution is -2.42. The van der Waals surface area contributed by atoms with Gasteiger partial charge < -0.3 is 20.0 Å². The van der Waals surface area contributed by atoms with Crippen molar-refractivity contribution in [1.82, 2.24) is 20.5 Å². The van der Waals surface area contributed by atoms with E-state index in [2.05, 4.69) is 39.4 Å². The summed E-state index contributed by atoms with van der Waals surface area (Å²) in [5, 5.41) is 6.73. The summed E-state index contributed by atoms with van der Waals surface area (Å²) in [7, 11) is 0. The van der Waals surface area contributed by atoms with Crippen LogP contribution < -0.4 is 10.6 Å². The Hall–Kier alpha value is -1.56. The van der Waals surface area contributed by atoms with E-state index in [1.165, 1.54) is 32.4 Å². The topological polar surface area (TPSA) is 65.7 Å². The molecule has 2 heterocycles. The standard InChI is InChI=1S/C18H33N5O/c1-5-19-18(21-12-17-22-15(3)16(4)24-17)20-11-14(2)13-23-9-7-6-8-10-23/h14H,5-13H2,1-4H3,(H2,19,20,21). The van der Waals surface area contributed by atoms with Crippen LogP contribution in [0.2, 0.25) is 0 Å². The second kappa shape index (κ2) is 9.67. The predicted molar refractivity (Wildman–Crippen MR) is 98.3 cm³/mol. The monoisotopic (exact) mass is 335 g/mol. The van der Waals surface area contributed by atoms with E-state index in [0.29, 0.717) is 18.4 Å². The van der Waals surface area contributed by atoms with Crippen molar-refractivity contribution in [1.29, 1.82) is 0 Å². The van der Waals surface area contributed by atoms with Crippen LogP contribution in [0.4, 0.5) is 0 Å². The average Bonchev–Trinajstić information content (AvgIpc) is 2.89. The molecule has 24 heavy (non-hydrogen) atoms. The van der Waals surface area contributed by atoms with Crippen molar-refractivity contribution < 1.29 is 4.42 Å². The van der Waals surface area contributed by atoms with Gasteiger partial charge in [0, 0.05) is 19.6 Å². The van der Waals surface area contributed by atoms with E-state index < -0.39 is 0 Å². The number of aliphatic imine (C=N–C) groups is 1. The van der Waals surface area contributed by atoms with Gasteiger partial charge in [-0.05, 0) is 52.6 Å². The van der Waals surface area contributed by atoms with Crippen molar-refractivity contribution in [2.75, 3.05) is 32.7 Å². The summed E-state index contributed by atoms with van der Waals surface area (Å²) >= 11 is 0. The number of aromatic nitrogens is 1. The third kappa shape index (κ3) is 6.15. The lowest BCUT2D eigenvalue weighted by Gasteiger charge is -2.29. The molecule has 1 fully saturated rings. The first-order valence-corrected chi connectivity index (χ1v) is 9.26. The maximum Gasteiger partial charge on any atom is 0.216 e. The zero-order chi connectivity index (χ0) is 17.4. The number of nitrogens with one attached hydrogen (secondary N) is 2. The number of piperidine rings is 1. The molecule has 6 nitrogen and oxygen atoms in total. The molecular formula is C18H33N5O. The minimum atomic E-state index is 0.463. The van der Waals surface area contributed by atoms with Crippen LogP contribution in [0.25, 0.3) is 0 Å². The van der Waals surface area contributed by atoms with Gasteiger partial charge in [0.1, 0.15) is 12.3 Å². The molecule has 0 amide bonds. The van der Waals surface area contributed by atoms with Gasteiger partial charge in [-0.1, -0.05) is 13.3 Å². The van der Waals surface area contributed by atoms with E-state index >= 15 is 0 Å². The minimum absolute atomic E-state index is 0.463. The van der Waals surface area contributed by atoms with Gasteiger partial charge in [0.15, 0.2) is 5.96 Å². The van der Waals surface area contributed by atoms with E-state index in [1.54, 1.807) is 0 Å². The van der Waals surface area contributed by atoms with Crippen LogP contribution in [0.1, 0.15) is 50.5 Å². The molecule has 0 radical (unpaired) electrons. The van der Waals surface area contributed by atoms with Crippen LogP contribution in [0.5, 0.6) is 0 Å². The first kappa shape index (κ1) is 18.8. The molecule has 2 rings (SSSR count). The molecule has 0 aromatic carbocycles. The number of nitrogens with zero attached hydrogens (tertiary/aromatic N) is 3. The third-order valence-corrected chi connectivity index (χ3v) is 4.43. The molecule has 6 heteroatoms. The Kier molecular flexibility index (Phi) is 7.56. The van der Waals surface area contributed by atoms with Gasteiger partial charge in [-0.2, -0.15) is 0 Å². The SMILES string of the molecule is CCNC(=NCc1nc(C)c(C)o1)NCC(C)CN1CCCCC1. The van der Waals surface area contributed by atoms with Gasteiger partial charge in [-0.25, -0.2) is 9.98 Å². The van der Waals surface area contributed by atoms with E-state index in [-0.39, 0.29) is 0 Å². The van der Waals surface area contributed by atoms with Gasteiger partial charge in [0.05, 0.1) is 5.69 Å². The van der Waals surface area contributed by atoms with Gasteiger partial charge in [0.2, 0.25) is 5.89 Å². The summed E-state index contributed by atoms with van der Waals surface area (Å²) < 4.78 is 5.59. The second-order valence-electron chi connectivity index (χ2n) is 6.79. The molecule has 2 N–H and O–H groups in total. The Bertz CT molecular complexity index is 500. The number of guanidine groups is 1. The second-order valence-corrected chi connectivity index (χ2v) is 6.79. The Balaban J connectivity index is 1.79. The quantitative estimate of drug-likeness (QED) is 0.592. The van der Waals surface area contributed by atoms with Crippen molar-refractivity contribution in [2.24, 2.45) is 10.9 Å². The van der Waals surface area contributed by atoms with E-state index in [1.807, 2.05) is 13.8 Å². The van der Waals surface area contributed by atoms with Crippen molar-refractivity contribution in [3.8, 4) is 0 Å². The van der Waals surface area contributed by atoms with Crippen LogP contribution in [-0.2, 0) is 6.54 Å². The van der Waals surface area contributed by atoms with Crippen molar-refractivity contribution in [2.45, 2.75) is 53.5 Å². The molecule has 0 saturated carbocycles. The molecule has 1 unspecified atom stereocenters. The van der Waals surface area contributed by atoms with Gasteiger partial charge in [-0.3, -0.25) is 0 Å². The molecule has 0 bridgehead atoms. The Morgan fingerprint density at radius 1 is 1.25 bits per heavy atom. The molecule has 1 aliphatic heterocycles. The number of hydrogen-bond acceptors (Lipinski definition) is 4. The van der Waals surface area contributed by atoms with E-state index in [4.69, 9.17) is 4.42 Å². The lowest BCUT2D eigenvalue weighted by atomic mass is 10.1. The average molecular weight is 335 g/mol. The smallest absolute Gasteiger partial charge is 0.216 e. The summed E-state index contributed by atoms with van der Waals surface area (Å²) in [5.41, 5.74) is 0.938. The highest BCUT2D eigenvalue weighted by Crippen LogP contribution is 2.11. The maximum atomic E-state index is 5.59. The fraction of sp³-hybridized carbons (Fsp3) is 0.778. The van der Waals surface area contributed by atoms with Crippen LogP contribution in [-0.4, -0.2) is 48.6 Å². The third-order valence-electron chi connectivity index (χ3n) is 4.43. The molecule has 0 aliphatic carbocycles. The molecule has 1 aromatic heterocycles. The fourth-order valence-corrected chi connectivity index (χ4v) is 3.01. The number of likely N-dealkylation sites (tertiary alicyclic amines) is 1. The van der Waals surface area contributed by atoms with E-state index in [0.717, 1.165) is 37.0 Å². The summed E-state index contributed by atoms with van der Waals surface area (Å²) in [6, 6.07) is 0. The Morgan fingerprint density at radius 2 is 2.00 bits per heavy atom. The number of oxazole rings is 1. The highest BCUT2D eigenvalue weighted by Gasteiger charge is 2.13. The molecule has 1 aromatic rings. The zero-order valence-electron chi connectivity index (χ0n) is 15.7. The largest absolute Gasteiger partial charge is 0.444 e. The van der Waals surface area contributed by atoms with Gasteiger partial charge >= 0.3 is 0 Å². The Morgan fingerprint density at radius 3 is 2.62 bits per heavy atom. The summed E-state index contributed by atoms with van der Waals surface area (Å²) in [6.45, 7) is 14.2. The number of hydrogen-bond donors (Lipinski definition) is 2. The summed E-state index contributed by atoms with van der Waals surface area (Å²) in [6.07, 6.45) is 4.08. The molecule has 0 spiro atoms. The number of aryl methyl sites for hydroxylation is 2. The van der Waals surface area contributed by atoms with Crippen molar-refractivity contribution >= 4 is 5.96 Å². The lowest BCUT2D eigenvalue weighted by molar-refractivity contribution is 0.201. The molecule has 1 aliphatic rings. The molecule has 1 atom stereocenters. The first-order valence-electron chi connectivity index (χ1n) is 9.26. The molecule has 136 valence electrons. The highest BCUT2D eigenvalue weighted by atomic mass is 16.4. The first-order chi connectivity index (χ1) is 11.6. The fourth-order valence-electron chi connectivity index (χ4n) is 3.01. The maximum absolute atomic E-state index is 5.59.